The summed E-state index contributed by atoms with van der Waals surface area (Å²) in [7, 11) is 0. The van der Waals surface area contributed by atoms with Crippen molar-refractivity contribution in [3.05, 3.63) is 83.9 Å². The molecular formula is C24H24N4. The van der Waals surface area contributed by atoms with Crippen LogP contribution in [0.2, 0.25) is 0 Å². The molecule has 28 heavy (non-hydrogen) atoms. The van der Waals surface area contributed by atoms with E-state index < -0.39 is 0 Å². The molecule has 0 saturated carbocycles. The van der Waals surface area contributed by atoms with Crippen molar-refractivity contribution in [3.8, 4) is 0 Å². The Morgan fingerprint density at radius 3 is 1.32 bits per heavy atom. The van der Waals surface area contributed by atoms with Gasteiger partial charge in [-0.2, -0.15) is 0 Å². The summed E-state index contributed by atoms with van der Waals surface area (Å²) in [5.41, 5.74) is 6.33. The first-order chi connectivity index (χ1) is 13.7. The van der Waals surface area contributed by atoms with Crippen LogP contribution >= 0.6 is 0 Å². The number of benzene rings is 3. The molecule has 3 aromatic carbocycles. The first-order valence-corrected chi connectivity index (χ1v) is 9.74. The number of nitrogens with one attached hydrogen (secondary N) is 2. The second-order valence-corrected chi connectivity index (χ2v) is 6.76. The minimum Gasteiger partial charge on any atom is -0.337 e. The highest BCUT2D eigenvalue weighted by molar-refractivity contribution is 5.83. The highest BCUT2D eigenvalue weighted by atomic mass is 15.1. The molecule has 0 spiro atoms. The Morgan fingerprint density at radius 1 is 0.571 bits per heavy atom. The van der Waals surface area contributed by atoms with E-state index in [2.05, 4.69) is 73.0 Å². The average molecular weight is 368 g/mol. The maximum atomic E-state index is 4.81. The predicted molar refractivity (Wildman–Crippen MR) is 118 cm³/mol. The molecule has 0 aliphatic carbocycles. The van der Waals surface area contributed by atoms with Gasteiger partial charge in [0.15, 0.2) is 11.6 Å². The zero-order chi connectivity index (χ0) is 19.3. The molecule has 0 unspecified atom stereocenters. The molecule has 4 rings (SSSR count). The van der Waals surface area contributed by atoms with Gasteiger partial charge >= 0.3 is 0 Å². The van der Waals surface area contributed by atoms with Crippen molar-refractivity contribution < 1.29 is 0 Å². The Labute approximate surface area is 165 Å². The Balaban J connectivity index is 1.70. The molecule has 2 N–H and O–H groups in total. The minimum absolute atomic E-state index is 0.711. The lowest BCUT2D eigenvalue weighted by Gasteiger charge is -2.14. The van der Waals surface area contributed by atoms with E-state index >= 15 is 0 Å². The molecule has 0 atom stereocenters. The third-order valence-electron chi connectivity index (χ3n) is 4.82. The van der Waals surface area contributed by atoms with Gasteiger partial charge in [0.1, 0.15) is 0 Å². The van der Waals surface area contributed by atoms with Gasteiger partial charge in [0.2, 0.25) is 0 Å². The maximum Gasteiger partial charge on any atom is 0.174 e. The molecule has 4 nitrogen and oxygen atoms in total. The van der Waals surface area contributed by atoms with Crippen LogP contribution in [0.1, 0.15) is 25.0 Å². The van der Waals surface area contributed by atoms with E-state index in [9.17, 15) is 0 Å². The molecule has 1 aromatic heterocycles. The zero-order valence-electron chi connectivity index (χ0n) is 16.2. The first-order valence-electron chi connectivity index (χ1n) is 9.74. The van der Waals surface area contributed by atoms with Gasteiger partial charge in [0.05, 0.1) is 11.0 Å². The van der Waals surface area contributed by atoms with Crippen LogP contribution in [-0.4, -0.2) is 9.97 Å². The summed E-state index contributed by atoms with van der Waals surface area (Å²) in [6.45, 7) is 4.31. The van der Waals surface area contributed by atoms with Gasteiger partial charge in [-0.05, 0) is 60.4 Å². The third-order valence-corrected chi connectivity index (χ3v) is 4.82. The van der Waals surface area contributed by atoms with Crippen LogP contribution in [0.4, 0.5) is 23.0 Å². The lowest BCUT2D eigenvalue weighted by molar-refractivity contribution is 1.14. The van der Waals surface area contributed by atoms with Gasteiger partial charge in [-0.25, -0.2) is 9.97 Å². The van der Waals surface area contributed by atoms with Gasteiger partial charge in [0.25, 0.3) is 0 Å². The van der Waals surface area contributed by atoms with Gasteiger partial charge in [0, 0.05) is 11.4 Å². The molecule has 0 radical (unpaired) electrons. The van der Waals surface area contributed by atoms with Crippen molar-refractivity contribution >= 4 is 34.0 Å². The zero-order valence-corrected chi connectivity index (χ0v) is 16.2. The van der Waals surface area contributed by atoms with Gasteiger partial charge in [-0.1, -0.05) is 50.2 Å². The molecule has 4 aromatic rings. The van der Waals surface area contributed by atoms with E-state index in [0.717, 1.165) is 35.2 Å². The van der Waals surface area contributed by atoms with Gasteiger partial charge < -0.3 is 10.6 Å². The van der Waals surface area contributed by atoms with Crippen molar-refractivity contribution in [2.45, 2.75) is 26.7 Å². The standard InChI is InChI=1S/C24H24N4/c1-3-17-9-13-19(14-10-17)25-23-24(26-20-15-11-18(4-2)12-16-20)28-22-8-6-5-7-21(22)27-23/h5-16H,3-4H2,1-2H3,(H,25,27)(H,26,28). The smallest absolute Gasteiger partial charge is 0.174 e. The predicted octanol–water partition coefficient (Wildman–Crippen LogP) is 6.24. The Hall–Kier alpha value is -3.40. The lowest BCUT2D eigenvalue weighted by atomic mass is 10.1. The normalized spacial score (nSPS) is 10.8. The van der Waals surface area contributed by atoms with E-state index in [0.29, 0.717) is 11.6 Å². The maximum absolute atomic E-state index is 4.81. The fraction of sp³-hybridized carbons (Fsp3) is 0.167. The van der Waals surface area contributed by atoms with Crippen LogP contribution in [0.25, 0.3) is 11.0 Å². The number of aromatic nitrogens is 2. The molecule has 0 aliphatic heterocycles. The van der Waals surface area contributed by atoms with E-state index in [1.54, 1.807) is 0 Å². The summed E-state index contributed by atoms with van der Waals surface area (Å²) in [5.74, 6) is 1.42. The lowest BCUT2D eigenvalue weighted by Crippen LogP contribution is -2.03. The molecule has 1 heterocycles. The summed E-state index contributed by atoms with van der Waals surface area (Å²) in [6, 6.07) is 24.8. The highest BCUT2D eigenvalue weighted by Crippen LogP contribution is 2.28. The quantitative estimate of drug-likeness (QED) is 0.423. The van der Waals surface area contributed by atoms with Crippen molar-refractivity contribution in [3.63, 3.8) is 0 Å². The summed E-state index contributed by atoms with van der Waals surface area (Å²) in [5, 5.41) is 6.85. The number of rotatable bonds is 6. The second kappa shape index (κ2) is 8.09. The molecule has 0 fully saturated rings. The van der Waals surface area contributed by atoms with Crippen molar-refractivity contribution in [2.24, 2.45) is 0 Å². The SMILES string of the molecule is CCc1ccc(Nc2nc3ccccc3nc2Nc2ccc(CC)cc2)cc1. The van der Waals surface area contributed by atoms with Crippen LogP contribution in [-0.2, 0) is 12.8 Å². The molecule has 0 amide bonds. The molecule has 0 aliphatic rings. The summed E-state index contributed by atoms with van der Waals surface area (Å²) < 4.78 is 0. The molecule has 0 saturated heterocycles. The molecular weight excluding hydrogens is 344 g/mol. The Morgan fingerprint density at radius 2 is 0.964 bits per heavy atom. The third kappa shape index (κ3) is 3.96. The number of fused-ring (bicyclic) bond motifs is 1. The fourth-order valence-corrected chi connectivity index (χ4v) is 3.10. The van der Waals surface area contributed by atoms with Crippen molar-refractivity contribution in [1.82, 2.24) is 9.97 Å². The highest BCUT2D eigenvalue weighted by Gasteiger charge is 2.10. The Bertz CT molecular complexity index is 982. The monoisotopic (exact) mass is 368 g/mol. The molecule has 4 heteroatoms. The Kier molecular flexibility index (Phi) is 5.20. The number of anilines is 4. The summed E-state index contributed by atoms with van der Waals surface area (Å²) in [6.07, 6.45) is 2.05. The number of hydrogen-bond acceptors (Lipinski definition) is 4. The van der Waals surface area contributed by atoms with E-state index in [4.69, 9.17) is 9.97 Å². The van der Waals surface area contributed by atoms with E-state index in [1.165, 1.54) is 11.1 Å². The number of nitrogens with zero attached hydrogens (tertiary/aromatic N) is 2. The molecule has 0 bridgehead atoms. The second-order valence-electron chi connectivity index (χ2n) is 6.76. The number of aryl methyl sites for hydroxylation is 2. The van der Waals surface area contributed by atoms with Crippen LogP contribution < -0.4 is 10.6 Å². The minimum atomic E-state index is 0.711. The first kappa shape index (κ1) is 18.0. The number of para-hydroxylation sites is 2. The van der Waals surface area contributed by atoms with Gasteiger partial charge in [-0.15, -0.1) is 0 Å². The van der Waals surface area contributed by atoms with Crippen LogP contribution in [0.15, 0.2) is 72.8 Å². The van der Waals surface area contributed by atoms with Crippen molar-refractivity contribution in [2.75, 3.05) is 10.6 Å². The number of hydrogen-bond donors (Lipinski definition) is 2. The largest absolute Gasteiger partial charge is 0.337 e. The summed E-state index contributed by atoms with van der Waals surface area (Å²) in [4.78, 5) is 9.61. The van der Waals surface area contributed by atoms with E-state index in [-0.39, 0.29) is 0 Å². The fourth-order valence-electron chi connectivity index (χ4n) is 3.10. The van der Waals surface area contributed by atoms with Crippen LogP contribution in [0, 0.1) is 0 Å². The topological polar surface area (TPSA) is 49.8 Å². The summed E-state index contributed by atoms with van der Waals surface area (Å²) >= 11 is 0. The molecule has 140 valence electrons. The van der Waals surface area contributed by atoms with Crippen molar-refractivity contribution in [1.29, 1.82) is 0 Å². The van der Waals surface area contributed by atoms with Gasteiger partial charge in [-0.3, -0.25) is 0 Å². The van der Waals surface area contributed by atoms with E-state index in [1.807, 2.05) is 24.3 Å². The van der Waals surface area contributed by atoms with Crippen LogP contribution in [0.3, 0.4) is 0 Å². The average Bonchev–Trinajstić information content (AvgIpc) is 2.75. The van der Waals surface area contributed by atoms with Crippen LogP contribution in [0.5, 0.6) is 0 Å².